The maximum absolute atomic E-state index is 12.2. The summed E-state index contributed by atoms with van der Waals surface area (Å²) in [4.78, 5) is 24.3. The van der Waals surface area contributed by atoms with Crippen LogP contribution in [0.25, 0.3) is 0 Å². The largest absolute Gasteiger partial charge is 0.495 e. The van der Waals surface area contributed by atoms with Crippen LogP contribution in [0.2, 0.25) is 10.0 Å². The third kappa shape index (κ3) is 5.03. The van der Waals surface area contributed by atoms with E-state index in [0.29, 0.717) is 32.9 Å². The predicted molar refractivity (Wildman–Crippen MR) is 103 cm³/mol. The van der Waals surface area contributed by atoms with Gasteiger partial charge < -0.3 is 20.1 Å². The minimum absolute atomic E-state index is 0.387. The van der Waals surface area contributed by atoms with Crippen molar-refractivity contribution in [2.45, 2.75) is 13.3 Å². The van der Waals surface area contributed by atoms with Crippen LogP contribution in [0.1, 0.15) is 12.0 Å². The van der Waals surface area contributed by atoms with Crippen LogP contribution in [0.15, 0.2) is 30.3 Å². The Hall–Kier alpha value is -2.44. The van der Waals surface area contributed by atoms with E-state index in [1.54, 1.807) is 37.3 Å². The summed E-state index contributed by atoms with van der Waals surface area (Å²) in [5.41, 5.74) is 1.60. The Morgan fingerprint density at radius 1 is 0.923 bits per heavy atom. The summed E-state index contributed by atoms with van der Waals surface area (Å²) in [7, 11) is 2.94. The number of amides is 2. The van der Waals surface area contributed by atoms with E-state index in [4.69, 9.17) is 32.7 Å². The second kappa shape index (κ2) is 8.78. The van der Waals surface area contributed by atoms with Gasteiger partial charge in [0.25, 0.3) is 0 Å². The average molecular weight is 397 g/mol. The maximum atomic E-state index is 12.2. The summed E-state index contributed by atoms with van der Waals surface area (Å²) >= 11 is 12.0. The fourth-order valence-electron chi connectivity index (χ4n) is 2.24. The summed E-state index contributed by atoms with van der Waals surface area (Å²) in [6.45, 7) is 1.80. The van der Waals surface area contributed by atoms with Gasteiger partial charge in [-0.15, -0.1) is 0 Å². The van der Waals surface area contributed by atoms with Crippen LogP contribution in [0.4, 0.5) is 11.4 Å². The lowest BCUT2D eigenvalue weighted by atomic mass is 10.2. The number of halogens is 2. The fourth-order valence-corrected chi connectivity index (χ4v) is 2.57. The van der Waals surface area contributed by atoms with Gasteiger partial charge in [-0.2, -0.15) is 0 Å². The first-order valence-corrected chi connectivity index (χ1v) is 8.37. The highest BCUT2D eigenvalue weighted by atomic mass is 35.5. The highest BCUT2D eigenvalue weighted by molar-refractivity contribution is 6.31. The third-order valence-electron chi connectivity index (χ3n) is 3.51. The van der Waals surface area contributed by atoms with E-state index in [1.165, 1.54) is 14.2 Å². The lowest BCUT2D eigenvalue weighted by Crippen LogP contribution is -2.22. The Balaban J connectivity index is 2.05. The number of rotatable bonds is 6. The number of benzene rings is 2. The second-order valence-corrected chi connectivity index (χ2v) is 6.26. The van der Waals surface area contributed by atoms with Gasteiger partial charge in [0.15, 0.2) is 0 Å². The minimum Gasteiger partial charge on any atom is -0.495 e. The van der Waals surface area contributed by atoms with Crippen molar-refractivity contribution < 1.29 is 19.1 Å². The zero-order chi connectivity index (χ0) is 19.3. The quantitative estimate of drug-likeness (QED) is 0.714. The number of methoxy groups -OCH3 is 2. The topological polar surface area (TPSA) is 76.7 Å². The van der Waals surface area contributed by atoms with Gasteiger partial charge in [-0.3, -0.25) is 9.59 Å². The van der Waals surface area contributed by atoms with E-state index in [9.17, 15) is 9.59 Å². The Kier molecular flexibility index (Phi) is 6.71. The number of anilines is 2. The zero-order valence-corrected chi connectivity index (χ0v) is 16.0. The standard InChI is InChI=1S/C18H18Cl2N2O4/c1-10-6-13(16(26-3)8-12(10)20)21-17(23)9-18(24)22-14-7-11(19)4-5-15(14)25-2/h4-8H,9H2,1-3H3,(H,21,23)(H,22,24). The van der Waals surface area contributed by atoms with E-state index in [1.807, 2.05) is 0 Å². The molecule has 0 aliphatic rings. The molecule has 2 rings (SSSR count). The number of carbonyl (C=O) groups excluding carboxylic acids is 2. The Labute approximate surface area is 161 Å². The molecule has 0 aliphatic carbocycles. The van der Waals surface area contributed by atoms with Crippen molar-refractivity contribution >= 4 is 46.4 Å². The van der Waals surface area contributed by atoms with Crippen LogP contribution in [0.5, 0.6) is 11.5 Å². The Bertz CT molecular complexity index is 840. The first-order valence-electron chi connectivity index (χ1n) is 7.61. The van der Waals surface area contributed by atoms with Crippen LogP contribution in [0, 0.1) is 6.92 Å². The molecule has 0 heterocycles. The second-order valence-electron chi connectivity index (χ2n) is 5.42. The SMILES string of the molecule is COc1ccc(Cl)cc1NC(=O)CC(=O)Nc1cc(C)c(Cl)cc1OC. The molecule has 0 radical (unpaired) electrons. The molecule has 0 aliphatic heterocycles. The van der Waals surface area contributed by atoms with Gasteiger partial charge in [0.1, 0.15) is 17.9 Å². The molecular formula is C18H18Cl2N2O4. The van der Waals surface area contributed by atoms with Gasteiger partial charge in [0.2, 0.25) is 11.8 Å². The van der Waals surface area contributed by atoms with Gasteiger partial charge in [-0.1, -0.05) is 23.2 Å². The molecule has 0 fully saturated rings. The molecule has 2 aromatic carbocycles. The molecule has 6 nitrogen and oxygen atoms in total. The summed E-state index contributed by atoms with van der Waals surface area (Å²) in [6.07, 6.45) is -0.388. The van der Waals surface area contributed by atoms with E-state index >= 15 is 0 Å². The van der Waals surface area contributed by atoms with Gasteiger partial charge in [0.05, 0.1) is 25.6 Å². The Morgan fingerprint density at radius 2 is 1.50 bits per heavy atom. The van der Waals surface area contributed by atoms with Crippen molar-refractivity contribution in [2.75, 3.05) is 24.9 Å². The number of nitrogens with one attached hydrogen (secondary N) is 2. The molecule has 0 saturated heterocycles. The first kappa shape index (κ1) is 19.9. The van der Waals surface area contributed by atoms with Crippen LogP contribution in [-0.2, 0) is 9.59 Å². The molecule has 0 spiro atoms. The molecule has 0 aromatic heterocycles. The fraction of sp³-hybridized carbons (Fsp3) is 0.222. The van der Waals surface area contributed by atoms with Crippen molar-refractivity contribution in [1.82, 2.24) is 0 Å². The molecule has 0 saturated carbocycles. The van der Waals surface area contributed by atoms with Crippen molar-refractivity contribution in [2.24, 2.45) is 0 Å². The zero-order valence-electron chi connectivity index (χ0n) is 14.5. The summed E-state index contributed by atoms with van der Waals surface area (Å²) in [6, 6.07) is 8.08. The molecule has 138 valence electrons. The smallest absolute Gasteiger partial charge is 0.233 e. The number of carbonyl (C=O) groups is 2. The third-order valence-corrected chi connectivity index (χ3v) is 4.15. The first-order chi connectivity index (χ1) is 12.3. The average Bonchev–Trinajstić information content (AvgIpc) is 2.57. The molecule has 2 N–H and O–H groups in total. The molecule has 2 amide bonds. The highest BCUT2D eigenvalue weighted by Crippen LogP contribution is 2.31. The van der Waals surface area contributed by atoms with Crippen LogP contribution < -0.4 is 20.1 Å². The maximum Gasteiger partial charge on any atom is 0.233 e. The molecule has 2 aromatic rings. The molecule has 0 atom stereocenters. The number of hydrogen-bond acceptors (Lipinski definition) is 4. The van der Waals surface area contributed by atoms with E-state index in [0.717, 1.165) is 5.56 Å². The van der Waals surface area contributed by atoms with E-state index in [-0.39, 0.29) is 6.42 Å². The number of aryl methyl sites for hydroxylation is 1. The monoisotopic (exact) mass is 396 g/mol. The number of hydrogen-bond donors (Lipinski definition) is 2. The van der Waals surface area contributed by atoms with Gasteiger partial charge >= 0.3 is 0 Å². The van der Waals surface area contributed by atoms with Crippen LogP contribution in [0.3, 0.4) is 0 Å². The lowest BCUT2D eigenvalue weighted by molar-refractivity contribution is -0.123. The molecule has 8 heteroatoms. The Morgan fingerprint density at radius 3 is 2.08 bits per heavy atom. The van der Waals surface area contributed by atoms with Crippen LogP contribution >= 0.6 is 23.2 Å². The summed E-state index contributed by atoms with van der Waals surface area (Å²) < 4.78 is 10.3. The van der Waals surface area contributed by atoms with Crippen molar-refractivity contribution in [3.63, 3.8) is 0 Å². The summed E-state index contributed by atoms with van der Waals surface area (Å²) in [5, 5.41) is 6.21. The van der Waals surface area contributed by atoms with Gasteiger partial charge in [-0.05, 0) is 36.8 Å². The van der Waals surface area contributed by atoms with Crippen molar-refractivity contribution in [1.29, 1.82) is 0 Å². The minimum atomic E-state index is -0.507. The van der Waals surface area contributed by atoms with Crippen molar-refractivity contribution in [3.05, 3.63) is 45.9 Å². The number of ether oxygens (including phenoxy) is 2. The predicted octanol–water partition coefficient (Wildman–Crippen LogP) is 4.29. The normalized spacial score (nSPS) is 10.2. The van der Waals surface area contributed by atoms with E-state index < -0.39 is 11.8 Å². The molecular weight excluding hydrogens is 379 g/mol. The van der Waals surface area contributed by atoms with Crippen molar-refractivity contribution in [3.8, 4) is 11.5 Å². The molecule has 26 heavy (non-hydrogen) atoms. The van der Waals surface area contributed by atoms with Gasteiger partial charge in [-0.25, -0.2) is 0 Å². The molecule has 0 unspecified atom stereocenters. The van der Waals surface area contributed by atoms with Crippen LogP contribution in [-0.4, -0.2) is 26.0 Å². The van der Waals surface area contributed by atoms with E-state index in [2.05, 4.69) is 10.6 Å². The molecule has 0 bridgehead atoms. The van der Waals surface area contributed by atoms with Gasteiger partial charge in [0, 0.05) is 16.1 Å². The summed E-state index contributed by atoms with van der Waals surface area (Å²) in [5.74, 6) is -0.153. The highest BCUT2D eigenvalue weighted by Gasteiger charge is 2.15. The lowest BCUT2D eigenvalue weighted by Gasteiger charge is -2.13.